The van der Waals surface area contributed by atoms with E-state index in [2.05, 4.69) is 40.5 Å². The zero-order valence-electron chi connectivity index (χ0n) is 16.6. The smallest absolute Gasteiger partial charge is 0.258 e. The molecule has 0 aliphatic heterocycles. The fourth-order valence-corrected chi connectivity index (χ4v) is 3.65. The summed E-state index contributed by atoms with van der Waals surface area (Å²) < 4.78 is 0. The molecule has 1 fully saturated rings. The SMILES string of the molecule is Cc1cccc(C(C)C)c1NC(=O)c1cnc(NC2CCCCCC2)nc1. The van der Waals surface area contributed by atoms with Gasteiger partial charge in [-0.15, -0.1) is 0 Å². The monoisotopic (exact) mass is 366 g/mol. The van der Waals surface area contributed by atoms with Crippen molar-refractivity contribution in [3.8, 4) is 0 Å². The first-order chi connectivity index (χ1) is 13.0. The van der Waals surface area contributed by atoms with Crippen molar-refractivity contribution in [1.82, 2.24) is 9.97 Å². The number of amides is 1. The number of nitrogens with one attached hydrogen (secondary N) is 2. The van der Waals surface area contributed by atoms with Gasteiger partial charge < -0.3 is 10.6 Å². The van der Waals surface area contributed by atoms with Crippen LogP contribution < -0.4 is 10.6 Å². The normalized spacial score (nSPS) is 15.4. The zero-order valence-corrected chi connectivity index (χ0v) is 16.6. The van der Waals surface area contributed by atoms with Crippen LogP contribution in [0.5, 0.6) is 0 Å². The summed E-state index contributed by atoms with van der Waals surface area (Å²) in [6, 6.07) is 6.53. The van der Waals surface area contributed by atoms with Crippen LogP contribution >= 0.6 is 0 Å². The van der Waals surface area contributed by atoms with Crippen molar-refractivity contribution in [2.75, 3.05) is 10.6 Å². The molecule has 2 N–H and O–H groups in total. The Morgan fingerprint density at radius 3 is 2.37 bits per heavy atom. The molecule has 1 aromatic heterocycles. The van der Waals surface area contributed by atoms with Crippen molar-refractivity contribution in [2.24, 2.45) is 0 Å². The van der Waals surface area contributed by atoms with Gasteiger partial charge in [0.15, 0.2) is 0 Å². The van der Waals surface area contributed by atoms with Crippen LogP contribution in [0.25, 0.3) is 0 Å². The van der Waals surface area contributed by atoms with Crippen LogP contribution in [-0.2, 0) is 0 Å². The third kappa shape index (κ3) is 5.06. The Hall–Kier alpha value is -2.43. The van der Waals surface area contributed by atoms with Gasteiger partial charge in [0, 0.05) is 24.1 Å². The fraction of sp³-hybridized carbons (Fsp3) is 0.500. The minimum atomic E-state index is -0.174. The molecule has 0 atom stereocenters. The Balaban J connectivity index is 1.68. The third-order valence-electron chi connectivity index (χ3n) is 5.27. The molecule has 5 nitrogen and oxygen atoms in total. The average Bonchev–Trinajstić information content (AvgIpc) is 2.92. The largest absolute Gasteiger partial charge is 0.351 e. The standard InChI is InChI=1S/C22H30N4O/c1-15(2)19-12-8-9-16(3)20(19)26-21(27)17-13-23-22(24-14-17)25-18-10-6-4-5-7-11-18/h8-9,12-15,18H,4-7,10-11H2,1-3H3,(H,26,27)(H,23,24,25). The minimum Gasteiger partial charge on any atom is -0.351 e. The molecular weight excluding hydrogens is 336 g/mol. The van der Waals surface area contributed by atoms with E-state index in [9.17, 15) is 4.79 Å². The van der Waals surface area contributed by atoms with Crippen LogP contribution in [0.2, 0.25) is 0 Å². The molecule has 1 aromatic carbocycles. The number of para-hydroxylation sites is 1. The van der Waals surface area contributed by atoms with Crippen LogP contribution in [0.1, 0.15) is 79.8 Å². The molecule has 1 aliphatic rings. The van der Waals surface area contributed by atoms with E-state index < -0.39 is 0 Å². The Labute approximate surface area is 162 Å². The molecule has 0 unspecified atom stereocenters. The molecule has 3 rings (SSSR count). The van der Waals surface area contributed by atoms with Crippen LogP contribution in [0.3, 0.4) is 0 Å². The molecule has 0 saturated heterocycles. The first-order valence-corrected chi connectivity index (χ1v) is 10.0. The predicted octanol–water partition coefficient (Wildman–Crippen LogP) is 5.30. The molecule has 0 bridgehead atoms. The third-order valence-corrected chi connectivity index (χ3v) is 5.27. The van der Waals surface area contributed by atoms with Crippen molar-refractivity contribution in [3.05, 3.63) is 47.3 Å². The van der Waals surface area contributed by atoms with Crippen molar-refractivity contribution in [3.63, 3.8) is 0 Å². The van der Waals surface area contributed by atoms with Gasteiger partial charge in [-0.1, -0.05) is 57.7 Å². The molecular formula is C22H30N4O. The lowest BCUT2D eigenvalue weighted by molar-refractivity contribution is 0.102. The average molecular weight is 367 g/mol. The number of benzene rings is 1. The number of aryl methyl sites for hydroxylation is 1. The van der Waals surface area contributed by atoms with Crippen molar-refractivity contribution >= 4 is 17.5 Å². The van der Waals surface area contributed by atoms with Crippen molar-refractivity contribution < 1.29 is 4.79 Å². The molecule has 1 heterocycles. The highest BCUT2D eigenvalue weighted by atomic mass is 16.1. The summed E-state index contributed by atoms with van der Waals surface area (Å²) in [6.45, 7) is 6.26. The van der Waals surface area contributed by atoms with E-state index in [1.54, 1.807) is 12.4 Å². The van der Waals surface area contributed by atoms with E-state index in [-0.39, 0.29) is 5.91 Å². The van der Waals surface area contributed by atoms with Gasteiger partial charge in [-0.3, -0.25) is 4.79 Å². The highest BCUT2D eigenvalue weighted by molar-refractivity contribution is 6.04. The maximum absolute atomic E-state index is 12.7. The van der Waals surface area contributed by atoms with Crippen LogP contribution in [0, 0.1) is 6.92 Å². The van der Waals surface area contributed by atoms with Gasteiger partial charge in [0.25, 0.3) is 5.91 Å². The Bertz CT molecular complexity index is 762. The quantitative estimate of drug-likeness (QED) is 0.705. The minimum absolute atomic E-state index is 0.174. The molecule has 1 aliphatic carbocycles. The second-order valence-corrected chi connectivity index (χ2v) is 7.78. The summed E-state index contributed by atoms with van der Waals surface area (Å²) in [7, 11) is 0. The predicted molar refractivity (Wildman–Crippen MR) is 110 cm³/mol. The van der Waals surface area contributed by atoms with Crippen LogP contribution in [-0.4, -0.2) is 21.9 Å². The summed E-state index contributed by atoms with van der Waals surface area (Å²) in [5.41, 5.74) is 3.55. The van der Waals surface area contributed by atoms with E-state index >= 15 is 0 Å². The van der Waals surface area contributed by atoms with E-state index in [0.29, 0.717) is 23.5 Å². The number of hydrogen-bond acceptors (Lipinski definition) is 4. The Kier molecular flexibility index (Phi) is 6.43. The highest BCUT2D eigenvalue weighted by Crippen LogP contribution is 2.28. The molecule has 5 heteroatoms. The summed E-state index contributed by atoms with van der Waals surface area (Å²) >= 11 is 0. The topological polar surface area (TPSA) is 66.9 Å². The number of carbonyl (C=O) groups is 1. The highest BCUT2D eigenvalue weighted by Gasteiger charge is 2.16. The second-order valence-electron chi connectivity index (χ2n) is 7.78. The van der Waals surface area contributed by atoms with Gasteiger partial charge in [-0.25, -0.2) is 9.97 Å². The number of nitrogens with zero attached hydrogens (tertiary/aromatic N) is 2. The van der Waals surface area contributed by atoms with Gasteiger partial charge in [0.2, 0.25) is 5.95 Å². The van der Waals surface area contributed by atoms with Crippen LogP contribution in [0.15, 0.2) is 30.6 Å². The summed E-state index contributed by atoms with van der Waals surface area (Å²) in [4.78, 5) is 21.4. The fourth-order valence-electron chi connectivity index (χ4n) is 3.65. The number of hydrogen-bond donors (Lipinski definition) is 2. The van der Waals surface area contributed by atoms with Gasteiger partial charge in [0.05, 0.1) is 5.56 Å². The van der Waals surface area contributed by atoms with Gasteiger partial charge in [-0.05, 0) is 36.8 Å². The van der Waals surface area contributed by atoms with Gasteiger partial charge in [0.1, 0.15) is 0 Å². The summed E-state index contributed by atoms with van der Waals surface area (Å²) in [5.74, 6) is 0.770. The number of rotatable bonds is 5. The van der Waals surface area contributed by atoms with E-state index in [0.717, 1.165) is 29.7 Å². The van der Waals surface area contributed by atoms with E-state index in [1.807, 2.05) is 19.1 Å². The first-order valence-electron chi connectivity index (χ1n) is 10.0. The molecule has 1 amide bonds. The molecule has 0 radical (unpaired) electrons. The van der Waals surface area contributed by atoms with Crippen LogP contribution in [0.4, 0.5) is 11.6 Å². The molecule has 1 saturated carbocycles. The Morgan fingerprint density at radius 2 is 1.74 bits per heavy atom. The first kappa shape index (κ1) is 19.3. The maximum atomic E-state index is 12.7. The second kappa shape index (κ2) is 8.98. The van der Waals surface area contributed by atoms with E-state index in [1.165, 1.54) is 25.7 Å². The number of anilines is 2. The van der Waals surface area contributed by atoms with Crippen molar-refractivity contribution in [2.45, 2.75) is 71.3 Å². The van der Waals surface area contributed by atoms with Gasteiger partial charge in [-0.2, -0.15) is 0 Å². The molecule has 144 valence electrons. The summed E-state index contributed by atoms with van der Waals surface area (Å²) in [6.07, 6.45) is 10.7. The van der Waals surface area contributed by atoms with Gasteiger partial charge >= 0.3 is 0 Å². The maximum Gasteiger partial charge on any atom is 0.258 e. The number of aromatic nitrogens is 2. The van der Waals surface area contributed by atoms with E-state index in [4.69, 9.17) is 0 Å². The lowest BCUT2D eigenvalue weighted by Gasteiger charge is -2.17. The molecule has 2 aromatic rings. The zero-order chi connectivity index (χ0) is 19.2. The van der Waals surface area contributed by atoms with Crippen molar-refractivity contribution in [1.29, 1.82) is 0 Å². The lowest BCUT2D eigenvalue weighted by Crippen LogP contribution is -2.20. The Morgan fingerprint density at radius 1 is 1.07 bits per heavy atom. The number of carbonyl (C=O) groups excluding carboxylic acids is 1. The molecule has 27 heavy (non-hydrogen) atoms. The summed E-state index contributed by atoms with van der Waals surface area (Å²) in [5, 5.41) is 6.46. The lowest BCUT2D eigenvalue weighted by atomic mass is 9.98. The molecule has 0 spiro atoms.